The molecule has 0 aliphatic rings. The number of aromatic nitrogens is 1. The van der Waals surface area contributed by atoms with Crippen molar-refractivity contribution >= 4 is 28.9 Å². The number of hydrogen-bond acceptors (Lipinski definition) is 2. The topological polar surface area (TPSA) is 58.1 Å². The van der Waals surface area contributed by atoms with E-state index >= 15 is 0 Å². The summed E-state index contributed by atoms with van der Waals surface area (Å²) in [5.41, 5.74) is 10.2. The average Bonchev–Trinajstić information content (AvgIpc) is 2.87. The molecule has 6 heteroatoms. The van der Waals surface area contributed by atoms with Gasteiger partial charge in [0.15, 0.2) is 5.11 Å². The molecule has 1 heterocycles. The molecule has 1 aromatic heterocycles. The normalized spacial score (nSPS) is 10.9. The SMILES string of the molecule is Cc1cc(C(=O)NNC(=S)Nc2ccc(C(C)C)cc2)c(C)n1C(C)C. The number of anilines is 1. The van der Waals surface area contributed by atoms with Gasteiger partial charge in [-0.15, -0.1) is 0 Å². The zero-order chi connectivity index (χ0) is 19.4. The number of rotatable bonds is 4. The van der Waals surface area contributed by atoms with Crippen molar-refractivity contribution in [1.82, 2.24) is 15.4 Å². The van der Waals surface area contributed by atoms with E-state index in [0.29, 0.717) is 22.6 Å². The van der Waals surface area contributed by atoms with Crippen molar-refractivity contribution in [3.8, 4) is 0 Å². The van der Waals surface area contributed by atoms with Gasteiger partial charge in [-0.05, 0) is 69.6 Å². The number of carbonyl (C=O) groups is 1. The highest BCUT2D eigenvalue weighted by Crippen LogP contribution is 2.20. The number of aryl methyl sites for hydroxylation is 1. The summed E-state index contributed by atoms with van der Waals surface area (Å²) in [5.74, 6) is 0.280. The number of thiocarbonyl (C=S) groups is 1. The Morgan fingerprint density at radius 2 is 1.65 bits per heavy atom. The van der Waals surface area contributed by atoms with Gasteiger partial charge < -0.3 is 9.88 Å². The molecule has 3 N–H and O–H groups in total. The maximum atomic E-state index is 12.5. The Hall–Kier alpha value is -2.34. The lowest BCUT2D eigenvalue weighted by Gasteiger charge is -2.14. The first-order chi connectivity index (χ1) is 12.2. The van der Waals surface area contributed by atoms with E-state index < -0.39 is 0 Å². The molecule has 0 atom stereocenters. The van der Waals surface area contributed by atoms with Gasteiger partial charge in [0, 0.05) is 23.1 Å². The van der Waals surface area contributed by atoms with Crippen LogP contribution in [0.5, 0.6) is 0 Å². The lowest BCUT2D eigenvalue weighted by molar-refractivity contribution is 0.0943. The quantitative estimate of drug-likeness (QED) is 0.548. The molecular weight excluding hydrogens is 344 g/mol. The van der Waals surface area contributed by atoms with Crippen molar-refractivity contribution in [3.05, 3.63) is 52.8 Å². The fourth-order valence-electron chi connectivity index (χ4n) is 3.10. The van der Waals surface area contributed by atoms with Crippen molar-refractivity contribution in [1.29, 1.82) is 0 Å². The molecule has 0 saturated heterocycles. The predicted octanol–water partition coefficient (Wildman–Crippen LogP) is 4.44. The average molecular weight is 373 g/mol. The first-order valence-corrected chi connectivity index (χ1v) is 9.27. The summed E-state index contributed by atoms with van der Waals surface area (Å²) in [5, 5.41) is 3.41. The van der Waals surface area contributed by atoms with Crippen LogP contribution in [0.2, 0.25) is 0 Å². The fourth-order valence-corrected chi connectivity index (χ4v) is 3.27. The maximum absolute atomic E-state index is 12.5. The molecule has 0 spiro atoms. The molecule has 140 valence electrons. The minimum Gasteiger partial charge on any atom is -0.346 e. The molecule has 0 fully saturated rings. The molecule has 1 aromatic carbocycles. The van der Waals surface area contributed by atoms with Gasteiger partial charge in [-0.2, -0.15) is 0 Å². The Labute approximate surface area is 161 Å². The Morgan fingerprint density at radius 3 is 2.15 bits per heavy atom. The summed E-state index contributed by atoms with van der Waals surface area (Å²) in [4.78, 5) is 12.5. The molecule has 0 unspecified atom stereocenters. The van der Waals surface area contributed by atoms with Gasteiger partial charge >= 0.3 is 0 Å². The molecule has 2 rings (SSSR count). The first-order valence-electron chi connectivity index (χ1n) is 8.86. The van der Waals surface area contributed by atoms with Crippen LogP contribution in [0.25, 0.3) is 0 Å². The van der Waals surface area contributed by atoms with Crippen LogP contribution in [0.3, 0.4) is 0 Å². The summed E-state index contributed by atoms with van der Waals surface area (Å²) in [6, 6.07) is 10.3. The Morgan fingerprint density at radius 1 is 1.04 bits per heavy atom. The van der Waals surface area contributed by atoms with E-state index in [0.717, 1.165) is 17.1 Å². The van der Waals surface area contributed by atoms with Crippen molar-refractivity contribution in [2.45, 2.75) is 53.5 Å². The van der Waals surface area contributed by atoms with Crippen LogP contribution >= 0.6 is 12.2 Å². The van der Waals surface area contributed by atoms with E-state index in [4.69, 9.17) is 12.2 Å². The van der Waals surface area contributed by atoms with Crippen molar-refractivity contribution < 1.29 is 4.79 Å². The van der Waals surface area contributed by atoms with Crippen LogP contribution < -0.4 is 16.2 Å². The number of nitrogens with one attached hydrogen (secondary N) is 3. The van der Waals surface area contributed by atoms with Crippen LogP contribution in [-0.2, 0) is 0 Å². The van der Waals surface area contributed by atoms with E-state index in [9.17, 15) is 4.79 Å². The van der Waals surface area contributed by atoms with E-state index in [2.05, 4.69) is 60.6 Å². The van der Waals surface area contributed by atoms with Crippen molar-refractivity contribution in [3.63, 3.8) is 0 Å². The standard InChI is InChI=1S/C20H28N4OS/c1-12(2)16-7-9-17(10-8-16)21-20(26)23-22-19(25)18-11-14(5)24(13(3)4)15(18)6/h7-13H,1-6H3,(H,22,25)(H2,21,23,26). The van der Waals surface area contributed by atoms with E-state index in [1.54, 1.807) is 0 Å². The highest BCUT2D eigenvalue weighted by atomic mass is 32.1. The van der Waals surface area contributed by atoms with Gasteiger partial charge in [0.2, 0.25) is 0 Å². The third-order valence-corrected chi connectivity index (χ3v) is 4.57. The molecule has 0 bridgehead atoms. The number of carbonyl (C=O) groups excluding carboxylic acids is 1. The summed E-state index contributed by atoms with van der Waals surface area (Å²) in [6.45, 7) is 12.5. The second kappa shape index (κ2) is 8.36. The van der Waals surface area contributed by atoms with Crippen molar-refractivity contribution in [2.24, 2.45) is 0 Å². The number of amides is 1. The van der Waals surface area contributed by atoms with Crippen LogP contribution in [-0.4, -0.2) is 15.6 Å². The Bertz CT molecular complexity index is 791. The number of nitrogens with zero attached hydrogens (tertiary/aromatic N) is 1. The number of benzene rings is 1. The predicted molar refractivity (Wildman–Crippen MR) is 112 cm³/mol. The lowest BCUT2D eigenvalue weighted by Crippen LogP contribution is -2.43. The van der Waals surface area contributed by atoms with E-state index in [-0.39, 0.29) is 5.91 Å². The van der Waals surface area contributed by atoms with Gasteiger partial charge in [-0.1, -0.05) is 26.0 Å². The highest BCUT2D eigenvalue weighted by molar-refractivity contribution is 7.80. The van der Waals surface area contributed by atoms with Gasteiger partial charge in [-0.3, -0.25) is 15.6 Å². The van der Waals surface area contributed by atoms with Crippen LogP contribution in [0.4, 0.5) is 5.69 Å². The molecular formula is C20H28N4OS. The Balaban J connectivity index is 1.95. The molecule has 5 nitrogen and oxygen atoms in total. The van der Waals surface area contributed by atoms with Crippen LogP contribution in [0, 0.1) is 13.8 Å². The third kappa shape index (κ3) is 4.64. The van der Waals surface area contributed by atoms with Gasteiger partial charge in [0.25, 0.3) is 5.91 Å². The summed E-state index contributed by atoms with van der Waals surface area (Å²) in [6.07, 6.45) is 0. The molecule has 1 amide bonds. The van der Waals surface area contributed by atoms with E-state index in [1.165, 1.54) is 5.56 Å². The van der Waals surface area contributed by atoms with Gasteiger partial charge in [-0.25, -0.2) is 0 Å². The second-order valence-electron chi connectivity index (χ2n) is 7.06. The molecule has 0 radical (unpaired) electrons. The molecule has 26 heavy (non-hydrogen) atoms. The minimum absolute atomic E-state index is 0.204. The zero-order valence-electron chi connectivity index (χ0n) is 16.3. The molecule has 0 saturated carbocycles. The maximum Gasteiger partial charge on any atom is 0.271 e. The van der Waals surface area contributed by atoms with Crippen molar-refractivity contribution in [2.75, 3.05) is 5.32 Å². The third-order valence-electron chi connectivity index (χ3n) is 4.37. The second-order valence-corrected chi connectivity index (χ2v) is 7.47. The van der Waals surface area contributed by atoms with Crippen LogP contribution in [0.15, 0.2) is 30.3 Å². The summed E-state index contributed by atoms with van der Waals surface area (Å²) in [7, 11) is 0. The molecule has 2 aromatic rings. The van der Waals surface area contributed by atoms with Crippen LogP contribution in [0.1, 0.15) is 67.0 Å². The summed E-state index contributed by atoms with van der Waals surface area (Å²) < 4.78 is 2.14. The van der Waals surface area contributed by atoms with Gasteiger partial charge in [0.05, 0.1) is 5.56 Å². The number of hydrogen-bond donors (Lipinski definition) is 3. The number of hydrazine groups is 1. The molecule has 0 aliphatic carbocycles. The highest BCUT2D eigenvalue weighted by Gasteiger charge is 2.17. The fraction of sp³-hybridized carbons (Fsp3) is 0.400. The molecule has 0 aliphatic heterocycles. The van der Waals surface area contributed by atoms with Gasteiger partial charge in [0.1, 0.15) is 0 Å². The first kappa shape index (κ1) is 20.0. The largest absolute Gasteiger partial charge is 0.346 e. The minimum atomic E-state index is -0.204. The Kier molecular flexibility index (Phi) is 6.42. The summed E-state index contributed by atoms with van der Waals surface area (Å²) >= 11 is 5.25. The smallest absolute Gasteiger partial charge is 0.271 e. The lowest BCUT2D eigenvalue weighted by atomic mass is 10.0. The monoisotopic (exact) mass is 372 g/mol. The van der Waals surface area contributed by atoms with E-state index in [1.807, 2.05) is 32.0 Å². The zero-order valence-corrected chi connectivity index (χ0v) is 17.1.